The van der Waals surface area contributed by atoms with E-state index in [1.807, 2.05) is 37.3 Å². The minimum atomic E-state index is 0.881. The van der Waals surface area contributed by atoms with E-state index in [1.54, 1.807) is 7.11 Å². The Morgan fingerprint density at radius 2 is 2.17 bits per heavy atom. The molecule has 0 saturated carbocycles. The molecule has 0 heterocycles. The highest BCUT2D eigenvalue weighted by Crippen LogP contribution is 2.23. The average molecular weight is 227 g/mol. The highest BCUT2D eigenvalue weighted by atomic mass is 79.9. The van der Waals surface area contributed by atoms with E-state index in [0.29, 0.717) is 0 Å². The van der Waals surface area contributed by atoms with Gasteiger partial charge in [-0.25, -0.2) is 0 Å². The molecule has 0 saturated heterocycles. The largest absolute Gasteiger partial charge is 0.497 e. The molecule has 0 atom stereocenters. The van der Waals surface area contributed by atoms with Crippen molar-refractivity contribution in [3.05, 3.63) is 34.3 Å². The molecule has 0 aromatic heterocycles. The third-order valence-corrected chi connectivity index (χ3v) is 2.27. The summed E-state index contributed by atoms with van der Waals surface area (Å²) < 4.78 is 6.19. The summed E-state index contributed by atoms with van der Waals surface area (Å²) in [5.74, 6) is 0.881. The van der Waals surface area contributed by atoms with Gasteiger partial charge in [0.05, 0.1) is 7.11 Å². The Morgan fingerprint density at radius 1 is 1.42 bits per heavy atom. The molecular weight excluding hydrogens is 216 g/mol. The van der Waals surface area contributed by atoms with Crippen molar-refractivity contribution < 1.29 is 4.74 Å². The number of benzene rings is 1. The first kappa shape index (κ1) is 9.33. The number of allylic oxidation sites excluding steroid dienone is 1. The van der Waals surface area contributed by atoms with Crippen LogP contribution in [0.2, 0.25) is 0 Å². The smallest absolute Gasteiger partial charge is 0.119 e. The molecule has 64 valence electrons. The quantitative estimate of drug-likeness (QED) is 0.751. The molecule has 0 fully saturated rings. The Labute approximate surface area is 81.2 Å². The maximum Gasteiger partial charge on any atom is 0.119 e. The normalized spacial score (nSPS) is 10.6. The summed E-state index contributed by atoms with van der Waals surface area (Å²) in [5.41, 5.74) is 1.14. The Morgan fingerprint density at radius 3 is 2.75 bits per heavy atom. The van der Waals surface area contributed by atoms with Gasteiger partial charge >= 0.3 is 0 Å². The lowest BCUT2D eigenvalue weighted by Gasteiger charge is -2.02. The first-order valence-corrected chi connectivity index (χ1v) is 4.53. The van der Waals surface area contributed by atoms with Gasteiger partial charge in [0.1, 0.15) is 5.75 Å². The van der Waals surface area contributed by atoms with Gasteiger partial charge < -0.3 is 4.74 Å². The lowest BCUT2D eigenvalue weighted by atomic mass is 10.2. The average Bonchev–Trinajstić information content (AvgIpc) is 2.09. The van der Waals surface area contributed by atoms with Crippen LogP contribution in [0.5, 0.6) is 5.75 Å². The van der Waals surface area contributed by atoms with Crippen LogP contribution >= 0.6 is 15.9 Å². The molecule has 0 bridgehead atoms. The monoisotopic (exact) mass is 226 g/mol. The second-order valence-electron chi connectivity index (χ2n) is 2.39. The maximum absolute atomic E-state index is 5.10. The number of hydrogen-bond donors (Lipinski definition) is 0. The van der Waals surface area contributed by atoms with Gasteiger partial charge in [-0.05, 0) is 30.7 Å². The highest BCUT2D eigenvalue weighted by molar-refractivity contribution is 9.10. The zero-order valence-corrected chi connectivity index (χ0v) is 8.76. The fourth-order valence-corrected chi connectivity index (χ4v) is 1.33. The van der Waals surface area contributed by atoms with Crippen LogP contribution < -0.4 is 4.74 Å². The third-order valence-electron chi connectivity index (χ3n) is 1.55. The molecule has 1 nitrogen and oxygen atoms in total. The van der Waals surface area contributed by atoms with E-state index < -0.39 is 0 Å². The van der Waals surface area contributed by atoms with Gasteiger partial charge in [0.15, 0.2) is 0 Å². The third kappa shape index (κ3) is 2.11. The fourth-order valence-electron chi connectivity index (χ4n) is 0.956. The van der Waals surface area contributed by atoms with Gasteiger partial charge in [0.2, 0.25) is 0 Å². The second kappa shape index (κ2) is 4.31. The Kier molecular flexibility index (Phi) is 3.35. The highest BCUT2D eigenvalue weighted by Gasteiger charge is 1.97. The Balaban J connectivity index is 3.08. The molecule has 0 N–H and O–H groups in total. The Hall–Kier alpha value is -0.760. The summed E-state index contributed by atoms with van der Waals surface area (Å²) in [5, 5.41) is 0. The molecule has 0 spiro atoms. The van der Waals surface area contributed by atoms with Crippen LogP contribution in [0.15, 0.2) is 28.7 Å². The lowest BCUT2D eigenvalue weighted by Crippen LogP contribution is -1.83. The molecule has 1 aromatic carbocycles. The number of rotatable bonds is 2. The predicted octanol–water partition coefficient (Wildman–Crippen LogP) is 3.49. The van der Waals surface area contributed by atoms with E-state index in [2.05, 4.69) is 15.9 Å². The van der Waals surface area contributed by atoms with Crippen LogP contribution in [0.1, 0.15) is 12.5 Å². The second-order valence-corrected chi connectivity index (χ2v) is 3.24. The van der Waals surface area contributed by atoms with Crippen molar-refractivity contribution in [1.29, 1.82) is 0 Å². The van der Waals surface area contributed by atoms with Crippen LogP contribution in [0.3, 0.4) is 0 Å². The first-order chi connectivity index (χ1) is 5.77. The number of hydrogen-bond acceptors (Lipinski definition) is 1. The topological polar surface area (TPSA) is 9.23 Å². The van der Waals surface area contributed by atoms with Gasteiger partial charge in [-0.1, -0.05) is 28.1 Å². The molecular formula is C10H11BrO. The van der Waals surface area contributed by atoms with Gasteiger partial charge in [-0.2, -0.15) is 0 Å². The minimum Gasteiger partial charge on any atom is -0.497 e. The molecule has 0 unspecified atom stereocenters. The summed E-state index contributed by atoms with van der Waals surface area (Å²) in [7, 11) is 1.67. The van der Waals surface area contributed by atoms with E-state index in [-0.39, 0.29) is 0 Å². The summed E-state index contributed by atoms with van der Waals surface area (Å²) in [6.07, 6.45) is 4.03. The van der Waals surface area contributed by atoms with Crippen LogP contribution in [0.4, 0.5) is 0 Å². The van der Waals surface area contributed by atoms with Crippen LogP contribution in [0.25, 0.3) is 6.08 Å². The number of ether oxygens (including phenoxy) is 1. The van der Waals surface area contributed by atoms with Crippen LogP contribution in [0, 0.1) is 0 Å². The summed E-state index contributed by atoms with van der Waals surface area (Å²) in [6, 6.07) is 5.90. The zero-order chi connectivity index (χ0) is 8.97. The SMILES string of the molecule is C/C=C/c1cc(OC)ccc1Br. The minimum absolute atomic E-state index is 0.881. The molecule has 0 radical (unpaired) electrons. The first-order valence-electron chi connectivity index (χ1n) is 3.74. The van der Waals surface area contributed by atoms with Crippen molar-refractivity contribution in [3.63, 3.8) is 0 Å². The van der Waals surface area contributed by atoms with Crippen molar-refractivity contribution in [2.45, 2.75) is 6.92 Å². The van der Waals surface area contributed by atoms with Crippen molar-refractivity contribution in [1.82, 2.24) is 0 Å². The van der Waals surface area contributed by atoms with Gasteiger partial charge in [0, 0.05) is 4.47 Å². The summed E-state index contributed by atoms with van der Waals surface area (Å²) >= 11 is 3.45. The molecule has 12 heavy (non-hydrogen) atoms. The molecule has 1 rings (SSSR count). The molecule has 1 aromatic rings. The number of halogens is 1. The standard InChI is InChI=1S/C10H11BrO/c1-3-4-8-7-9(12-2)5-6-10(8)11/h3-7H,1-2H3/b4-3+. The van der Waals surface area contributed by atoms with Gasteiger partial charge in [-0.3, -0.25) is 0 Å². The molecule has 2 heteroatoms. The van der Waals surface area contributed by atoms with Crippen molar-refractivity contribution >= 4 is 22.0 Å². The van der Waals surface area contributed by atoms with Crippen molar-refractivity contribution in [2.75, 3.05) is 7.11 Å². The predicted molar refractivity (Wildman–Crippen MR) is 55.4 cm³/mol. The van der Waals surface area contributed by atoms with E-state index in [0.717, 1.165) is 15.8 Å². The van der Waals surface area contributed by atoms with Gasteiger partial charge in [0.25, 0.3) is 0 Å². The van der Waals surface area contributed by atoms with Crippen LogP contribution in [-0.4, -0.2) is 7.11 Å². The molecule has 0 amide bonds. The van der Waals surface area contributed by atoms with E-state index in [4.69, 9.17) is 4.74 Å². The fraction of sp³-hybridized carbons (Fsp3) is 0.200. The number of methoxy groups -OCH3 is 1. The molecule has 0 aliphatic rings. The Bertz CT molecular complexity index is 292. The van der Waals surface area contributed by atoms with Crippen molar-refractivity contribution in [2.24, 2.45) is 0 Å². The van der Waals surface area contributed by atoms with E-state index >= 15 is 0 Å². The summed E-state index contributed by atoms with van der Waals surface area (Å²) in [4.78, 5) is 0. The van der Waals surface area contributed by atoms with Crippen LogP contribution in [-0.2, 0) is 0 Å². The zero-order valence-electron chi connectivity index (χ0n) is 7.17. The molecule has 0 aliphatic heterocycles. The van der Waals surface area contributed by atoms with E-state index in [9.17, 15) is 0 Å². The maximum atomic E-state index is 5.10. The molecule has 0 aliphatic carbocycles. The lowest BCUT2D eigenvalue weighted by molar-refractivity contribution is 0.414. The van der Waals surface area contributed by atoms with E-state index in [1.165, 1.54) is 0 Å². The van der Waals surface area contributed by atoms with Crippen molar-refractivity contribution in [3.8, 4) is 5.75 Å². The summed E-state index contributed by atoms with van der Waals surface area (Å²) in [6.45, 7) is 1.99. The van der Waals surface area contributed by atoms with Gasteiger partial charge in [-0.15, -0.1) is 0 Å².